The van der Waals surface area contributed by atoms with Crippen molar-refractivity contribution in [1.29, 1.82) is 0 Å². The van der Waals surface area contributed by atoms with Crippen LogP contribution in [0.2, 0.25) is 5.02 Å². The van der Waals surface area contributed by atoms with E-state index in [-0.39, 0.29) is 5.91 Å². The summed E-state index contributed by atoms with van der Waals surface area (Å²) >= 11 is 6.13. The van der Waals surface area contributed by atoms with Crippen LogP contribution in [-0.2, 0) is 30.7 Å². The largest absolute Gasteiger partial charge is 0.352 e. The summed E-state index contributed by atoms with van der Waals surface area (Å²) in [6.45, 7) is 4.39. The van der Waals surface area contributed by atoms with E-state index in [0.717, 1.165) is 35.8 Å². The van der Waals surface area contributed by atoms with E-state index in [9.17, 15) is 4.79 Å². The number of pyridine rings is 1. The topological polar surface area (TPSA) is 54.0 Å². The molecule has 2 N–H and O–H groups in total. The first kappa shape index (κ1) is 16.9. The summed E-state index contributed by atoms with van der Waals surface area (Å²) in [6, 6.07) is 7.66. The Balaban J connectivity index is 1.60. The molecular weight excluding hydrogens is 322 g/mol. The average Bonchev–Trinajstić information content (AvgIpc) is 2.60. The van der Waals surface area contributed by atoms with Gasteiger partial charge < -0.3 is 10.6 Å². The van der Waals surface area contributed by atoms with Crippen LogP contribution in [0, 0.1) is 6.92 Å². The van der Waals surface area contributed by atoms with Crippen molar-refractivity contribution < 1.29 is 4.79 Å². The lowest BCUT2D eigenvalue weighted by Crippen LogP contribution is -2.29. The molecule has 1 amide bonds. The smallest absolute Gasteiger partial charge is 0.220 e. The number of carbonyl (C=O) groups is 1. The maximum atomic E-state index is 12.2. The summed E-state index contributed by atoms with van der Waals surface area (Å²) in [7, 11) is 0. The minimum absolute atomic E-state index is 0.0425. The molecule has 0 radical (unpaired) electrons. The Bertz CT molecular complexity index is 745. The summed E-state index contributed by atoms with van der Waals surface area (Å²) in [4.78, 5) is 16.7. The van der Waals surface area contributed by atoms with E-state index in [1.807, 2.05) is 37.4 Å². The molecule has 1 aromatic carbocycles. The predicted octanol–water partition coefficient (Wildman–Crippen LogP) is 2.94. The Morgan fingerprint density at radius 2 is 2.21 bits per heavy atom. The molecule has 1 aromatic heterocycles. The van der Waals surface area contributed by atoms with E-state index < -0.39 is 0 Å². The summed E-state index contributed by atoms with van der Waals surface area (Å²) in [5, 5.41) is 7.11. The number of benzene rings is 1. The lowest BCUT2D eigenvalue weighted by atomic mass is 9.96. The van der Waals surface area contributed by atoms with Crippen LogP contribution in [0.25, 0.3) is 0 Å². The van der Waals surface area contributed by atoms with Gasteiger partial charge in [0.25, 0.3) is 0 Å². The molecule has 4 nitrogen and oxygen atoms in total. The molecule has 0 atom stereocenters. The van der Waals surface area contributed by atoms with Gasteiger partial charge in [-0.15, -0.1) is 0 Å². The average molecular weight is 344 g/mol. The predicted molar refractivity (Wildman–Crippen MR) is 96.0 cm³/mol. The minimum Gasteiger partial charge on any atom is -0.352 e. The van der Waals surface area contributed by atoms with Gasteiger partial charge in [0.1, 0.15) is 0 Å². The van der Waals surface area contributed by atoms with Crippen LogP contribution in [0.4, 0.5) is 0 Å². The third-order valence-electron chi connectivity index (χ3n) is 4.51. The van der Waals surface area contributed by atoms with Gasteiger partial charge in [-0.2, -0.15) is 0 Å². The zero-order chi connectivity index (χ0) is 16.9. The molecule has 5 heteroatoms. The summed E-state index contributed by atoms with van der Waals surface area (Å²) in [5.74, 6) is 0.0425. The van der Waals surface area contributed by atoms with Crippen LogP contribution >= 0.6 is 11.6 Å². The van der Waals surface area contributed by atoms with E-state index in [1.165, 1.54) is 16.7 Å². The van der Waals surface area contributed by atoms with E-state index >= 15 is 0 Å². The number of nitrogens with one attached hydrogen (secondary N) is 2. The third-order valence-corrected chi connectivity index (χ3v) is 4.88. The number of amides is 1. The van der Waals surface area contributed by atoms with Crippen molar-refractivity contribution in [2.75, 3.05) is 6.54 Å². The fourth-order valence-electron chi connectivity index (χ4n) is 3.10. The van der Waals surface area contributed by atoms with Crippen molar-refractivity contribution in [3.8, 4) is 0 Å². The number of hydrogen-bond acceptors (Lipinski definition) is 3. The minimum atomic E-state index is 0.0425. The first-order chi connectivity index (χ1) is 11.6. The maximum absolute atomic E-state index is 12.2. The van der Waals surface area contributed by atoms with E-state index in [2.05, 4.69) is 15.6 Å². The number of aryl methyl sites for hydroxylation is 2. The molecule has 0 bridgehead atoms. The van der Waals surface area contributed by atoms with Gasteiger partial charge in [-0.25, -0.2) is 0 Å². The molecule has 0 saturated carbocycles. The van der Waals surface area contributed by atoms with E-state index in [0.29, 0.717) is 19.4 Å². The van der Waals surface area contributed by atoms with Gasteiger partial charge >= 0.3 is 0 Å². The zero-order valence-electron chi connectivity index (χ0n) is 13.9. The van der Waals surface area contributed by atoms with Crippen LogP contribution in [0.5, 0.6) is 0 Å². The van der Waals surface area contributed by atoms with Crippen LogP contribution in [0.3, 0.4) is 0 Å². The van der Waals surface area contributed by atoms with Crippen LogP contribution in [0.15, 0.2) is 30.5 Å². The van der Waals surface area contributed by atoms with Gasteiger partial charge in [0, 0.05) is 36.4 Å². The number of fused-ring (bicyclic) bond motifs is 1. The molecule has 0 unspecified atom stereocenters. The molecule has 0 spiro atoms. The standard InChI is InChI=1S/C19H22ClN3O/c1-13-17(16-8-9-21-10-15(16)11-22-13)12-23-19(24)7-6-14-4-2-3-5-18(14)20/h2-5,11,21H,6-10,12H2,1H3,(H,23,24). The molecular formula is C19H22ClN3O. The first-order valence-corrected chi connectivity index (χ1v) is 8.70. The Hall–Kier alpha value is -1.91. The van der Waals surface area contributed by atoms with Crippen LogP contribution < -0.4 is 10.6 Å². The number of rotatable bonds is 5. The zero-order valence-corrected chi connectivity index (χ0v) is 14.6. The fourth-order valence-corrected chi connectivity index (χ4v) is 3.33. The monoisotopic (exact) mass is 343 g/mol. The Labute approximate surface area is 147 Å². The molecule has 2 heterocycles. The number of hydrogen-bond donors (Lipinski definition) is 2. The second-order valence-corrected chi connectivity index (χ2v) is 6.53. The van der Waals surface area contributed by atoms with E-state index in [4.69, 9.17) is 11.6 Å². The summed E-state index contributed by atoms with van der Waals surface area (Å²) in [5.41, 5.74) is 5.76. The Morgan fingerprint density at radius 3 is 3.04 bits per heavy atom. The lowest BCUT2D eigenvalue weighted by Gasteiger charge is -2.21. The van der Waals surface area contributed by atoms with E-state index in [1.54, 1.807) is 0 Å². The number of halogens is 1. The van der Waals surface area contributed by atoms with Crippen molar-refractivity contribution in [1.82, 2.24) is 15.6 Å². The Morgan fingerprint density at radius 1 is 1.38 bits per heavy atom. The van der Waals surface area contributed by atoms with Gasteiger partial charge in [-0.05, 0) is 54.6 Å². The SMILES string of the molecule is Cc1ncc2c(c1CNC(=O)CCc1ccccc1Cl)CCNC2. The highest BCUT2D eigenvalue weighted by Crippen LogP contribution is 2.20. The highest BCUT2D eigenvalue weighted by Gasteiger charge is 2.16. The van der Waals surface area contributed by atoms with Gasteiger partial charge in [-0.3, -0.25) is 9.78 Å². The molecule has 0 saturated heterocycles. The van der Waals surface area contributed by atoms with Crippen LogP contribution in [0.1, 0.15) is 34.4 Å². The fraction of sp³-hybridized carbons (Fsp3) is 0.368. The molecule has 0 fully saturated rings. The van der Waals surface area contributed by atoms with Crippen LogP contribution in [-0.4, -0.2) is 17.4 Å². The molecule has 1 aliphatic heterocycles. The third kappa shape index (κ3) is 3.94. The second kappa shape index (κ2) is 7.77. The molecule has 24 heavy (non-hydrogen) atoms. The van der Waals surface area contributed by atoms with Crippen molar-refractivity contribution in [2.24, 2.45) is 0 Å². The molecule has 0 aliphatic carbocycles. The highest BCUT2D eigenvalue weighted by atomic mass is 35.5. The quantitative estimate of drug-likeness (QED) is 0.877. The number of aromatic nitrogens is 1. The Kier molecular flexibility index (Phi) is 5.48. The number of carbonyl (C=O) groups excluding carboxylic acids is 1. The summed E-state index contributed by atoms with van der Waals surface area (Å²) < 4.78 is 0. The molecule has 2 aromatic rings. The van der Waals surface area contributed by atoms with Gasteiger partial charge in [-0.1, -0.05) is 29.8 Å². The lowest BCUT2D eigenvalue weighted by molar-refractivity contribution is -0.121. The van der Waals surface area contributed by atoms with Gasteiger partial charge in [0.15, 0.2) is 0 Å². The highest BCUT2D eigenvalue weighted by molar-refractivity contribution is 6.31. The van der Waals surface area contributed by atoms with Crippen molar-refractivity contribution >= 4 is 17.5 Å². The molecule has 1 aliphatic rings. The van der Waals surface area contributed by atoms with Gasteiger partial charge in [0.05, 0.1) is 0 Å². The maximum Gasteiger partial charge on any atom is 0.220 e. The number of nitrogens with zero attached hydrogens (tertiary/aromatic N) is 1. The second-order valence-electron chi connectivity index (χ2n) is 6.12. The van der Waals surface area contributed by atoms with Crippen molar-refractivity contribution in [2.45, 2.75) is 39.3 Å². The van der Waals surface area contributed by atoms with Gasteiger partial charge in [0.2, 0.25) is 5.91 Å². The summed E-state index contributed by atoms with van der Waals surface area (Å²) in [6.07, 6.45) is 4.02. The van der Waals surface area contributed by atoms with Crippen molar-refractivity contribution in [3.63, 3.8) is 0 Å². The van der Waals surface area contributed by atoms with Crippen molar-refractivity contribution in [3.05, 3.63) is 63.4 Å². The normalized spacial score (nSPS) is 13.4. The molecule has 126 valence electrons. The first-order valence-electron chi connectivity index (χ1n) is 8.32. The molecule has 3 rings (SSSR count).